The summed E-state index contributed by atoms with van der Waals surface area (Å²) in [7, 11) is 0. The maximum absolute atomic E-state index is 13.8. The van der Waals surface area contributed by atoms with E-state index in [9.17, 15) is 9.18 Å². The Kier molecular flexibility index (Phi) is 5.10. The van der Waals surface area contributed by atoms with Crippen molar-refractivity contribution >= 4 is 22.5 Å². The van der Waals surface area contributed by atoms with E-state index in [1.165, 1.54) is 23.8 Å². The molecule has 1 amide bonds. The van der Waals surface area contributed by atoms with Crippen LogP contribution in [0.15, 0.2) is 71.3 Å². The van der Waals surface area contributed by atoms with Crippen LogP contribution in [0.3, 0.4) is 0 Å². The molecule has 0 aliphatic heterocycles. The van der Waals surface area contributed by atoms with E-state index in [0.29, 0.717) is 11.4 Å². The number of pyridine rings is 1. The lowest BCUT2D eigenvalue weighted by Crippen LogP contribution is -2.30. The molecule has 32 heavy (non-hydrogen) atoms. The Morgan fingerprint density at radius 1 is 1.09 bits per heavy atom. The normalized spacial score (nSPS) is 11.3. The standard InChI is InChI=1S/C24H20FN5O2/c1-2-16-8-9-22-18(11-16)12-19(23-26-27-28-30(22)23)14-29(15-21-7-4-10-32-21)24(31)17-5-3-6-20(25)13-17/h3-13H,2,14-15H2,1H3. The molecule has 8 heteroatoms. The average molecular weight is 429 g/mol. The second-order valence-corrected chi connectivity index (χ2v) is 7.58. The quantitative estimate of drug-likeness (QED) is 0.400. The molecule has 0 spiro atoms. The second-order valence-electron chi connectivity index (χ2n) is 7.58. The van der Waals surface area contributed by atoms with Crippen molar-refractivity contribution in [3.8, 4) is 0 Å². The summed E-state index contributed by atoms with van der Waals surface area (Å²) in [6.07, 6.45) is 2.46. The molecule has 0 fully saturated rings. The molecule has 0 aliphatic rings. The van der Waals surface area contributed by atoms with Crippen molar-refractivity contribution in [2.75, 3.05) is 0 Å². The Morgan fingerprint density at radius 2 is 2.00 bits per heavy atom. The van der Waals surface area contributed by atoms with Gasteiger partial charge in [0.2, 0.25) is 0 Å². The summed E-state index contributed by atoms with van der Waals surface area (Å²) in [6.45, 7) is 2.55. The van der Waals surface area contributed by atoms with Crippen molar-refractivity contribution in [1.29, 1.82) is 0 Å². The largest absolute Gasteiger partial charge is 0.467 e. The minimum Gasteiger partial charge on any atom is -0.467 e. The summed E-state index contributed by atoms with van der Waals surface area (Å²) in [5.74, 6) is -0.149. The number of aryl methyl sites for hydroxylation is 1. The lowest BCUT2D eigenvalue weighted by molar-refractivity contribution is 0.0718. The first-order chi connectivity index (χ1) is 15.6. The molecule has 0 saturated heterocycles. The lowest BCUT2D eigenvalue weighted by Gasteiger charge is -2.22. The number of benzene rings is 2. The maximum atomic E-state index is 13.8. The Hall–Kier alpha value is -4.07. The Morgan fingerprint density at radius 3 is 2.78 bits per heavy atom. The van der Waals surface area contributed by atoms with E-state index in [4.69, 9.17) is 4.42 Å². The van der Waals surface area contributed by atoms with Gasteiger partial charge in [-0.3, -0.25) is 4.79 Å². The predicted molar refractivity (Wildman–Crippen MR) is 116 cm³/mol. The molecule has 0 atom stereocenters. The zero-order valence-electron chi connectivity index (χ0n) is 17.4. The van der Waals surface area contributed by atoms with Gasteiger partial charge in [-0.25, -0.2) is 4.39 Å². The molecule has 0 unspecified atom stereocenters. The van der Waals surface area contributed by atoms with E-state index in [1.54, 1.807) is 33.9 Å². The highest BCUT2D eigenvalue weighted by Crippen LogP contribution is 2.23. The van der Waals surface area contributed by atoms with Crippen LogP contribution in [0, 0.1) is 5.82 Å². The zero-order valence-corrected chi connectivity index (χ0v) is 17.4. The van der Waals surface area contributed by atoms with E-state index >= 15 is 0 Å². The SMILES string of the molecule is CCc1ccc2c(c1)cc(CN(Cc1ccco1)C(=O)c1cccc(F)c1)c1nnnn12. The number of halogens is 1. The summed E-state index contributed by atoms with van der Waals surface area (Å²) in [5, 5.41) is 13.2. The molecule has 3 aromatic heterocycles. The number of nitrogens with zero attached hydrogens (tertiary/aromatic N) is 5. The minimum absolute atomic E-state index is 0.225. The summed E-state index contributed by atoms with van der Waals surface area (Å²) in [4.78, 5) is 14.9. The summed E-state index contributed by atoms with van der Waals surface area (Å²) in [6, 6.07) is 17.4. The van der Waals surface area contributed by atoms with Crippen molar-refractivity contribution < 1.29 is 13.6 Å². The van der Waals surface area contributed by atoms with Crippen LogP contribution in [0.5, 0.6) is 0 Å². The molecule has 0 saturated carbocycles. The maximum Gasteiger partial charge on any atom is 0.254 e. The van der Waals surface area contributed by atoms with Gasteiger partial charge in [0.1, 0.15) is 11.6 Å². The molecule has 0 bridgehead atoms. The van der Waals surface area contributed by atoms with Gasteiger partial charge in [-0.2, -0.15) is 4.52 Å². The Bertz CT molecular complexity index is 1410. The fourth-order valence-corrected chi connectivity index (χ4v) is 3.85. The molecule has 3 heterocycles. The number of fused-ring (bicyclic) bond motifs is 3. The van der Waals surface area contributed by atoms with Crippen LogP contribution in [-0.2, 0) is 19.5 Å². The molecule has 2 aromatic carbocycles. The zero-order chi connectivity index (χ0) is 22.1. The average Bonchev–Trinajstić information content (AvgIpc) is 3.50. The molecule has 160 valence electrons. The van der Waals surface area contributed by atoms with E-state index in [1.807, 2.05) is 12.1 Å². The van der Waals surface area contributed by atoms with Crippen molar-refractivity contribution in [3.63, 3.8) is 0 Å². The predicted octanol–water partition coefficient (Wildman–Crippen LogP) is 4.41. The number of hydrogen-bond donors (Lipinski definition) is 0. The minimum atomic E-state index is -0.462. The van der Waals surface area contributed by atoms with Crippen LogP contribution in [0.2, 0.25) is 0 Å². The van der Waals surface area contributed by atoms with Crippen molar-refractivity contribution in [2.24, 2.45) is 0 Å². The highest BCUT2D eigenvalue weighted by molar-refractivity contribution is 5.94. The highest BCUT2D eigenvalue weighted by Gasteiger charge is 2.21. The molecular formula is C24H20FN5O2. The van der Waals surface area contributed by atoms with Gasteiger partial charge < -0.3 is 9.32 Å². The molecule has 0 radical (unpaired) electrons. The van der Waals surface area contributed by atoms with Gasteiger partial charge in [0.25, 0.3) is 5.91 Å². The van der Waals surface area contributed by atoms with Crippen molar-refractivity contribution in [1.82, 2.24) is 24.9 Å². The third-order valence-corrected chi connectivity index (χ3v) is 5.46. The Balaban J connectivity index is 1.59. The third-order valence-electron chi connectivity index (χ3n) is 5.46. The number of furan rings is 1. The van der Waals surface area contributed by atoms with Crippen LogP contribution in [-0.4, -0.2) is 30.8 Å². The highest BCUT2D eigenvalue weighted by atomic mass is 19.1. The second kappa shape index (κ2) is 8.22. The topological polar surface area (TPSA) is 76.5 Å². The van der Waals surface area contributed by atoms with Crippen LogP contribution in [0.1, 0.15) is 34.2 Å². The fraction of sp³-hybridized carbons (Fsp3) is 0.167. The number of hydrogen-bond acceptors (Lipinski definition) is 5. The number of tetrazole rings is 1. The first-order valence-electron chi connectivity index (χ1n) is 10.3. The van der Waals surface area contributed by atoms with Gasteiger partial charge in [0, 0.05) is 16.5 Å². The number of carbonyl (C=O) groups excluding carboxylic acids is 1. The summed E-state index contributed by atoms with van der Waals surface area (Å²) < 4.78 is 20.9. The van der Waals surface area contributed by atoms with Gasteiger partial charge in [-0.1, -0.05) is 19.1 Å². The van der Waals surface area contributed by atoms with E-state index in [-0.39, 0.29) is 24.6 Å². The fourth-order valence-electron chi connectivity index (χ4n) is 3.85. The third kappa shape index (κ3) is 3.71. The Labute approximate surface area is 183 Å². The van der Waals surface area contributed by atoms with E-state index < -0.39 is 5.82 Å². The summed E-state index contributed by atoms with van der Waals surface area (Å²) >= 11 is 0. The van der Waals surface area contributed by atoms with E-state index in [0.717, 1.165) is 22.9 Å². The molecule has 5 aromatic rings. The van der Waals surface area contributed by atoms with Crippen LogP contribution in [0.25, 0.3) is 16.6 Å². The van der Waals surface area contributed by atoms with Gasteiger partial charge in [0.05, 0.1) is 24.9 Å². The number of amides is 1. The van der Waals surface area contributed by atoms with Gasteiger partial charge in [-0.05, 0) is 70.9 Å². The lowest BCUT2D eigenvalue weighted by atomic mass is 10.1. The van der Waals surface area contributed by atoms with Gasteiger partial charge in [-0.15, -0.1) is 5.10 Å². The molecule has 7 nitrogen and oxygen atoms in total. The first kappa shape index (κ1) is 19.9. The smallest absolute Gasteiger partial charge is 0.254 e. The van der Waals surface area contributed by atoms with Crippen LogP contribution < -0.4 is 0 Å². The molecule has 0 N–H and O–H groups in total. The number of aromatic nitrogens is 4. The molecular weight excluding hydrogens is 409 g/mol. The van der Waals surface area contributed by atoms with Gasteiger partial charge in [0.15, 0.2) is 5.65 Å². The van der Waals surface area contributed by atoms with Crippen molar-refractivity contribution in [2.45, 2.75) is 26.4 Å². The summed E-state index contributed by atoms with van der Waals surface area (Å²) in [5.41, 5.74) is 3.70. The van der Waals surface area contributed by atoms with E-state index in [2.05, 4.69) is 34.6 Å². The van der Waals surface area contributed by atoms with Gasteiger partial charge >= 0.3 is 0 Å². The molecule has 0 aliphatic carbocycles. The first-order valence-corrected chi connectivity index (χ1v) is 10.3. The number of carbonyl (C=O) groups is 1. The van der Waals surface area contributed by atoms with Crippen LogP contribution in [0.4, 0.5) is 4.39 Å². The van der Waals surface area contributed by atoms with Crippen LogP contribution >= 0.6 is 0 Å². The molecule has 5 rings (SSSR count). The monoisotopic (exact) mass is 429 g/mol. The van der Waals surface area contributed by atoms with Crippen molar-refractivity contribution in [3.05, 3.63) is 95.2 Å². The number of rotatable bonds is 6.